The van der Waals surface area contributed by atoms with Gasteiger partial charge in [-0.2, -0.15) is 0 Å². The van der Waals surface area contributed by atoms with E-state index in [-0.39, 0.29) is 17.9 Å². The minimum Gasteiger partial charge on any atom is -0.393 e. The number of hydrogen-bond donors (Lipinski definition) is 0. The highest BCUT2D eigenvalue weighted by atomic mass is 16.6. The quantitative estimate of drug-likeness (QED) is 0.179. The van der Waals surface area contributed by atoms with Gasteiger partial charge in [-0.25, -0.2) is 0 Å². The van der Waals surface area contributed by atoms with E-state index < -0.39 is 0 Å². The Bertz CT molecular complexity index is 364. The SMILES string of the molecule is CCCCCCCC(CCC)CCCCCCCC1CC(=O)OC1=O. The third-order valence-corrected chi connectivity index (χ3v) is 5.54. The second-order valence-electron chi connectivity index (χ2n) is 7.90. The van der Waals surface area contributed by atoms with E-state index in [1.807, 2.05) is 0 Å². The van der Waals surface area contributed by atoms with Crippen LogP contribution >= 0.6 is 0 Å². The lowest BCUT2D eigenvalue weighted by molar-refractivity contribution is -0.153. The summed E-state index contributed by atoms with van der Waals surface area (Å²) in [5, 5.41) is 0. The van der Waals surface area contributed by atoms with Crippen LogP contribution in [-0.4, -0.2) is 11.9 Å². The molecule has 1 rings (SSSR count). The Morgan fingerprint density at radius 2 is 1.40 bits per heavy atom. The number of cyclic esters (lactones) is 2. The van der Waals surface area contributed by atoms with Gasteiger partial charge in [0.25, 0.3) is 0 Å². The summed E-state index contributed by atoms with van der Waals surface area (Å²) in [6, 6.07) is 0. The molecular formula is C22H40O3. The van der Waals surface area contributed by atoms with Crippen molar-refractivity contribution in [1.82, 2.24) is 0 Å². The molecule has 0 bridgehead atoms. The Morgan fingerprint density at radius 1 is 0.800 bits per heavy atom. The molecule has 25 heavy (non-hydrogen) atoms. The number of ether oxygens (including phenoxy) is 1. The topological polar surface area (TPSA) is 43.4 Å². The van der Waals surface area contributed by atoms with Crippen LogP contribution in [0.5, 0.6) is 0 Å². The zero-order chi connectivity index (χ0) is 18.3. The molecule has 1 aliphatic heterocycles. The van der Waals surface area contributed by atoms with Gasteiger partial charge in [0.15, 0.2) is 0 Å². The summed E-state index contributed by atoms with van der Waals surface area (Å²) in [6.45, 7) is 4.58. The minimum atomic E-state index is -0.341. The Morgan fingerprint density at radius 3 is 1.96 bits per heavy atom. The molecule has 1 fully saturated rings. The van der Waals surface area contributed by atoms with Gasteiger partial charge in [0, 0.05) is 0 Å². The third-order valence-electron chi connectivity index (χ3n) is 5.54. The first-order chi connectivity index (χ1) is 12.2. The van der Waals surface area contributed by atoms with E-state index in [0.717, 1.165) is 18.8 Å². The maximum atomic E-state index is 11.4. The largest absolute Gasteiger partial charge is 0.393 e. The molecular weight excluding hydrogens is 312 g/mol. The summed E-state index contributed by atoms with van der Waals surface area (Å²) in [6.07, 6.45) is 19.8. The van der Waals surface area contributed by atoms with E-state index in [1.165, 1.54) is 83.5 Å². The Kier molecular flexibility index (Phi) is 12.7. The summed E-state index contributed by atoms with van der Waals surface area (Å²) < 4.78 is 4.59. The molecule has 1 saturated heterocycles. The average molecular weight is 353 g/mol. The monoisotopic (exact) mass is 352 g/mol. The van der Waals surface area contributed by atoms with Gasteiger partial charge < -0.3 is 4.74 Å². The molecule has 1 heterocycles. The molecule has 0 aromatic rings. The number of esters is 2. The van der Waals surface area contributed by atoms with Crippen molar-refractivity contribution in [3.8, 4) is 0 Å². The van der Waals surface area contributed by atoms with E-state index >= 15 is 0 Å². The molecule has 0 spiro atoms. The van der Waals surface area contributed by atoms with Gasteiger partial charge in [0.2, 0.25) is 0 Å². The molecule has 146 valence electrons. The van der Waals surface area contributed by atoms with E-state index in [4.69, 9.17) is 0 Å². The fourth-order valence-corrected chi connectivity index (χ4v) is 3.97. The normalized spacial score (nSPS) is 18.6. The molecule has 0 aromatic heterocycles. The number of hydrogen-bond acceptors (Lipinski definition) is 3. The Labute approximate surface area is 155 Å². The van der Waals surface area contributed by atoms with E-state index in [0.29, 0.717) is 6.42 Å². The average Bonchev–Trinajstić information content (AvgIpc) is 2.91. The van der Waals surface area contributed by atoms with E-state index in [1.54, 1.807) is 0 Å². The molecule has 0 amide bonds. The number of carbonyl (C=O) groups is 2. The van der Waals surface area contributed by atoms with Crippen molar-refractivity contribution in [1.29, 1.82) is 0 Å². The van der Waals surface area contributed by atoms with Crippen LogP contribution in [0.25, 0.3) is 0 Å². The molecule has 3 heteroatoms. The zero-order valence-corrected chi connectivity index (χ0v) is 16.7. The summed E-state index contributed by atoms with van der Waals surface area (Å²) in [7, 11) is 0. The molecule has 2 atom stereocenters. The highest BCUT2D eigenvalue weighted by Gasteiger charge is 2.32. The van der Waals surface area contributed by atoms with Gasteiger partial charge in [-0.3, -0.25) is 9.59 Å². The van der Waals surface area contributed by atoms with Gasteiger partial charge in [-0.05, 0) is 12.3 Å². The van der Waals surface area contributed by atoms with Crippen molar-refractivity contribution in [3.05, 3.63) is 0 Å². The predicted octanol–water partition coefficient (Wildman–Crippen LogP) is 6.58. The number of unbranched alkanes of at least 4 members (excludes halogenated alkanes) is 8. The first kappa shape index (κ1) is 22.2. The molecule has 0 aromatic carbocycles. The Hall–Kier alpha value is -0.860. The van der Waals surface area contributed by atoms with Crippen molar-refractivity contribution >= 4 is 11.9 Å². The highest BCUT2D eigenvalue weighted by Crippen LogP contribution is 2.24. The molecule has 0 radical (unpaired) electrons. The highest BCUT2D eigenvalue weighted by molar-refractivity contribution is 5.94. The molecule has 2 unspecified atom stereocenters. The predicted molar refractivity (Wildman–Crippen MR) is 103 cm³/mol. The van der Waals surface area contributed by atoms with Crippen LogP contribution in [0.2, 0.25) is 0 Å². The molecule has 0 aliphatic carbocycles. The van der Waals surface area contributed by atoms with Crippen molar-refractivity contribution in [2.45, 2.75) is 117 Å². The van der Waals surface area contributed by atoms with Gasteiger partial charge in [-0.15, -0.1) is 0 Å². The van der Waals surface area contributed by atoms with Crippen molar-refractivity contribution < 1.29 is 14.3 Å². The lowest BCUT2D eigenvalue weighted by Gasteiger charge is -2.16. The minimum absolute atomic E-state index is 0.158. The standard InChI is InChI=1S/C22H40O3/c1-3-5-6-8-11-15-19(14-4-2)16-12-9-7-10-13-17-20-18-21(23)25-22(20)24/h19-20H,3-18H2,1-2H3. The fourth-order valence-electron chi connectivity index (χ4n) is 3.97. The zero-order valence-electron chi connectivity index (χ0n) is 16.7. The summed E-state index contributed by atoms with van der Waals surface area (Å²) in [5.74, 6) is 0.137. The van der Waals surface area contributed by atoms with Crippen molar-refractivity contribution in [2.75, 3.05) is 0 Å². The van der Waals surface area contributed by atoms with Gasteiger partial charge in [-0.1, -0.05) is 104 Å². The maximum absolute atomic E-state index is 11.4. The van der Waals surface area contributed by atoms with Crippen molar-refractivity contribution in [2.24, 2.45) is 11.8 Å². The second kappa shape index (κ2) is 14.3. The van der Waals surface area contributed by atoms with Crippen LogP contribution in [0.15, 0.2) is 0 Å². The van der Waals surface area contributed by atoms with Crippen LogP contribution in [0.4, 0.5) is 0 Å². The van der Waals surface area contributed by atoms with Gasteiger partial charge >= 0.3 is 11.9 Å². The van der Waals surface area contributed by atoms with Gasteiger partial charge in [0.1, 0.15) is 0 Å². The first-order valence-corrected chi connectivity index (χ1v) is 10.9. The molecule has 0 saturated carbocycles. The lowest BCUT2D eigenvalue weighted by Crippen LogP contribution is -2.07. The first-order valence-electron chi connectivity index (χ1n) is 10.9. The van der Waals surface area contributed by atoms with Crippen molar-refractivity contribution in [3.63, 3.8) is 0 Å². The number of rotatable bonds is 16. The van der Waals surface area contributed by atoms with Crippen LogP contribution in [0.1, 0.15) is 117 Å². The van der Waals surface area contributed by atoms with E-state index in [2.05, 4.69) is 18.6 Å². The summed E-state index contributed by atoms with van der Waals surface area (Å²) >= 11 is 0. The fraction of sp³-hybridized carbons (Fsp3) is 0.909. The van der Waals surface area contributed by atoms with Crippen LogP contribution in [0.3, 0.4) is 0 Å². The van der Waals surface area contributed by atoms with Gasteiger partial charge in [0.05, 0.1) is 12.3 Å². The summed E-state index contributed by atoms with van der Waals surface area (Å²) in [4.78, 5) is 22.4. The molecule has 3 nitrogen and oxygen atoms in total. The molecule has 1 aliphatic rings. The maximum Gasteiger partial charge on any atom is 0.317 e. The number of carbonyl (C=O) groups excluding carboxylic acids is 2. The smallest absolute Gasteiger partial charge is 0.317 e. The lowest BCUT2D eigenvalue weighted by atomic mass is 9.90. The second-order valence-corrected chi connectivity index (χ2v) is 7.90. The van der Waals surface area contributed by atoms with Crippen LogP contribution in [-0.2, 0) is 14.3 Å². The van der Waals surface area contributed by atoms with Crippen LogP contribution < -0.4 is 0 Å². The Balaban J connectivity index is 1.98. The summed E-state index contributed by atoms with van der Waals surface area (Å²) in [5.41, 5.74) is 0. The third kappa shape index (κ3) is 10.7. The molecule has 0 N–H and O–H groups in total. The van der Waals surface area contributed by atoms with E-state index in [9.17, 15) is 9.59 Å². The van der Waals surface area contributed by atoms with Crippen LogP contribution in [0, 0.1) is 11.8 Å².